The lowest BCUT2D eigenvalue weighted by Gasteiger charge is -2.45. The molecule has 0 spiro atoms. The molecule has 4 nitrogen and oxygen atoms in total. The molecule has 1 aliphatic rings. The highest BCUT2D eigenvalue weighted by Crippen LogP contribution is 2.47. The second kappa shape index (κ2) is 8.53. The van der Waals surface area contributed by atoms with Gasteiger partial charge in [0.15, 0.2) is 5.78 Å². The minimum absolute atomic E-state index is 0.0380. The molecule has 0 amide bonds. The van der Waals surface area contributed by atoms with Crippen LogP contribution in [-0.2, 0) is 9.59 Å². The van der Waals surface area contributed by atoms with Crippen molar-refractivity contribution in [2.75, 3.05) is 0 Å². The quantitative estimate of drug-likeness (QED) is 0.553. The van der Waals surface area contributed by atoms with Crippen molar-refractivity contribution in [3.05, 3.63) is 76.9 Å². The second-order valence-electron chi connectivity index (χ2n) is 7.93. The lowest BCUT2D eigenvalue weighted by atomic mass is 9.62. The number of benzene rings is 1. The van der Waals surface area contributed by atoms with Crippen molar-refractivity contribution in [1.29, 1.82) is 0 Å². The van der Waals surface area contributed by atoms with Gasteiger partial charge in [-0.25, -0.2) is 4.79 Å². The number of carbonyl (C=O) groups is 2. The van der Waals surface area contributed by atoms with Crippen molar-refractivity contribution < 1.29 is 19.8 Å². The fraction of sp³-hybridized carbons (Fsp3) is 0.333. The zero-order valence-corrected chi connectivity index (χ0v) is 16.9. The Balaban J connectivity index is 2.37. The molecule has 0 saturated carbocycles. The predicted molar refractivity (Wildman–Crippen MR) is 112 cm³/mol. The van der Waals surface area contributed by atoms with Crippen LogP contribution >= 0.6 is 0 Å². The number of carbonyl (C=O) groups excluding carboxylic acids is 1. The van der Waals surface area contributed by atoms with E-state index in [-0.39, 0.29) is 12.2 Å². The SMILES string of the molecule is CC(C=C[C@@]1(O)C(C)=C(CC=Cc2ccccc2)C(=O)CC1(C)C)=CC(=O)O. The number of ketones is 1. The summed E-state index contributed by atoms with van der Waals surface area (Å²) in [6.07, 6.45) is 8.86. The van der Waals surface area contributed by atoms with Gasteiger partial charge in [0.25, 0.3) is 0 Å². The van der Waals surface area contributed by atoms with Gasteiger partial charge in [-0.2, -0.15) is 0 Å². The normalized spacial score (nSPS) is 23.0. The Hall–Kier alpha value is -2.72. The van der Waals surface area contributed by atoms with Crippen LogP contribution in [0.2, 0.25) is 0 Å². The number of hydrogen-bond acceptors (Lipinski definition) is 3. The van der Waals surface area contributed by atoms with E-state index in [9.17, 15) is 14.7 Å². The summed E-state index contributed by atoms with van der Waals surface area (Å²) in [5.41, 5.74) is 0.774. The van der Waals surface area contributed by atoms with Crippen molar-refractivity contribution in [2.45, 2.75) is 46.1 Å². The molecule has 0 radical (unpaired) electrons. The number of aliphatic hydroxyl groups is 1. The summed E-state index contributed by atoms with van der Waals surface area (Å²) in [5, 5.41) is 20.3. The van der Waals surface area contributed by atoms with Gasteiger partial charge in [-0.3, -0.25) is 4.79 Å². The van der Waals surface area contributed by atoms with E-state index in [1.54, 1.807) is 26.0 Å². The van der Waals surface area contributed by atoms with E-state index in [2.05, 4.69) is 0 Å². The molecule has 1 aliphatic carbocycles. The molecule has 4 heteroatoms. The van der Waals surface area contributed by atoms with Crippen LogP contribution in [-0.4, -0.2) is 27.6 Å². The lowest BCUT2D eigenvalue weighted by molar-refractivity contribution is -0.131. The Kier molecular flexibility index (Phi) is 6.57. The molecule has 1 aromatic carbocycles. The second-order valence-corrected chi connectivity index (χ2v) is 7.93. The summed E-state index contributed by atoms with van der Waals surface area (Å²) in [5.74, 6) is -0.998. The molecular weight excluding hydrogens is 352 g/mol. The maximum absolute atomic E-state index is 12.7. The van der Waals surface area contributed by atoms with Gasteiger partial charge in [-0.1, -0.05) is 62.4 Å². The fourth-order valence-electron chi connectivity index (χ4n) is 3.58. The van der Waals surface area contributed by atoms with Gasteiger partial charge in [0.1, 0.15) is 5.60 Å². The number of Topliss-reactive ketones (excluding diaryl/α,β-unsaturated/α-hetero) is 1. The molecule has 1 aromatic rings. The zero-order valence-electron chi connectivity index (χ0n) is 16.9. The first-order valence-electron chi connectivity index (χ1n) is 9.35. The van der Waals surface area contributed by atoms with Crippen LogP contribution in [0.5, 0.6) is 0 Å². The van der Waals surface area contributed by atoms with Crippen LogP contribution < -0.4 is 0 Å². The largest absolute Gasteiger partial charge is 0.478 e. The monoisotopic (exact) mass is 380 g/mol. The van der Waals surface area contributed by atoms with Gasteiger partial charge in [0.2, 0.25) is 0 Å². The zero-order chi connectivity index (χ0) is 20.9. The average Bonchev–Trinajstić information content (AvgIpc) is 2.61. The number of hydrogen-bond donors (Lipinski definition) is 2. The molecule has 2 rings (SSSR count). The smallest absolute Gasteiger partial charge is 0.328 e. The molecule has 28 heavy (non-hydrogen) atoms. The van der Waals surface area contributed by atoms with Gasteiger partial charge in [-0.15, -0.1) is 0 Å². The van der Waals surface area contributed by atoms with Crippen molar-refractivity contribution in [3.8, 4) is 0 Å². The lowest BCUT2D eigenvalue weighted by Crippen LogP contribution is -2.49. The minimum Gasteiger partial charge on any atom is -0.478 e. The maximum atomic E-state index is 12.7. The summed E-state index contributed by atoms with van der Waals surface area (Å²) >= 11 is 0. The highest BCUT2D eigenvalue weighted by atomic mass is 16.4. The van der Waals surface area contributed by atoms with E-state index in [0.717, 1.165) is 11.6 Å². The highest BCUT2D eigenvalue weighted by molar-refractivity contribution is 5.98. The number of carboxylic acids is 1. The van der Waals surface area contributed by atoms with E-state index < -0.39 is 17.0 Å². The maximum Gasteiger partial charge on any atom is 0.328 e. The summed E-state index contributed by atoms with van der Waals surface area (Å²) in [4.78, 5) is 23.5. The topological polar surface area (TPSA) is 74.6 Å². The summed E-state index contributed by atoms with van der Waals surface area (Å²) in [7, 11) is 0. The predicted octanol–water partition coefficient (Wildman–Crippen LogP) is 4.72. The van der Waals surface area contributed by atoms with Gasteiger partial charge < -0.3 is 10.2 Å². The molecule has 0 saturated heterocycles. The van der Waals surface area contributed by atoms with E-state index in [1.165, 1.54) is 0 Å². The van der Waals surface area contributed by atoms with Crippen LogP contribution in [0.15, 0.2) is 71.4 Å². The highest BCUT2D eigenvalue weighted by Gasteiger charge is 2.49. The van der Waals surface area contributed by atoms with E-state index in [1.807, 2.05) is 56.3 Å². The Morgan fingerprint density at radius 2 is 1.86 bits per heavy atom. The van der Waals surface area contributed by atoms with Crippen LogP contribution in [0.4, 0.5) is 0 Å². The van der Waals surface area contributed by atoms with Crippen molar-refractivity contribution in [1.82, 2.24) is 0 Å². The number of carboxylic acid groups (broad SMARTS) is 1. The molecular formula is C24H28O4. The molecule has 0 aliphatic heterocycles. The molecule has 148 valence electrons. The molecule has 2 N–H and O–H groups in total. The van der Waals surface area contributed by atoms with Gasteiger partial charge in [0.05, 0.1) is 0 Å². The van der Waals surface area contributed by atoms with Crippen LogP contribution in [0, 0.1) is 5.41 Å². The number of aliphatic carboxylic acids is 1. The fourth-order valence-corrected chi connectivity index (χ4v) is 3.58. The first kappa shape index (κ1) is 21.6. The van der Waals surface area contributed by atoms with Crippen LogP contribution in [0.25, 0.3) is 6.08 Å². The molecule has 0 aromatic heterocycles. The van der Waals surface area contributed by atoms with Gasteiger partial charge in [0, 0.05) is 23.5 Å². The number of allylic oxidation sites excluding steroid dienone is 4. The third kappa shape index (κ3) is 4.76. The van der Waals surface area contributed by atoms with Crippen LogP contribution in [0.3, 0.4) is 0 Å². The summed E-state index contributed by atoms with van der Waals surface area (Å²) in [6.45, 7) is 7.15. The van der Waals surface area contributed by atoms with Gasteiger partial charge in [-0.05, 0) is 43.1 Å². The Bertz CT molecular complexity index is 869. The molecule has 0 fully saturated rings. The molecule has 0 unspecified atom stereocenters. The average molecular weight is 380 g/mol. The Morgan fingerprint density at radius 1 is 1.21 bits per heavy atom. The van der Waals surface area contributed by atoms with Crippen molar-refractivity contribution in [3.63, 3.8) is 0 Å². The van der Waals surface area contributed by atoms with Crippen molar-refractivity contribution >= 4 is 17.8 Å². The standard InChI is InChI=1S/C24H28O4/c1-17(15-22(26)27)13-14-24(28)18(2)20(21(25)16-23(24,3)4)12-8-11-19-9-6-5-7-10-19/h5-11,13-15,28H,12,16H2,1-4H3,(H,26,27)/t24-/m1/s1. The third-order valence-electron chi connectivity index (χ3n) is 5.37. The number of rotatable bonds is 6. The first-order chi connectivity index (χ1) is 13.1. The van der Waals surface area contributed by atoms with E-state index >= 15 is 0 Å². The minimum atomic E-state index is -1.33. The molecule has 0 bridgehead atoms. The van der Waals surface area contributed by atoms with Gasteiger partial charge >= 0.3 is 5.97 Å². The summed E-state index contributed by atoms with van der Waals surface area (Å²) < 4.78 is 0. The molecule has 1 atom stereocenters. The summed E-state index contributed by atoms with van der Waals surface area (Å²) in [6, 6.07) is 9.83. The van der Waals surface area contributed by atoms with E-state index in [0.29, 0.717) is 23.1 Å². The first-order valence-corrected chi connectivity index (χ1v) is 9.35. The van der Waals surface area contributed by atoms with E-state index in [4.69, 9.17) is 5.11 Å². The molecule has 0 heterocycles. The Labute approximate surface area is 166 Å². The Morgan fingerprint density at radius 3 is 2.46 bits per heavy atom. The van der Waals surface area contributed by atoms with Crippen molar-refractivity contribution in [2.24, 2.45) is 5.41 Å². The third-order valence-corrected chi connectivity index (χ3v) is 5.37. The van der Waals surface area contributed by atoms with Crippen LogP contribution in [0.1, 0.15) is 46.1 Å².